The third-order valence-electron chi connectivity index (χ3n) is 3.35. The molecule has 0 saturated carbocycles. The van der Waals surface area contributed by atoms with Crippen LogP contribution in [0.25, 0.3) is 0 Å². The third kappa shape index (κ3) is 4.51. The SMILES string of the molecule is CCCc1ccc(NS(=O)(=O)CC2CCCN2)cc1. The molecule has 1 aliphatic heterocycles. The zero-order chi connectivity index (χ0) is 13.7. The first-order valence-corrected chi connectivity index (χ1v) is 8.57. The molecule has 1 aliphatic rings. The Hall–Kier alpha value is -1.07. The maximum Gasteiger partial charge on any atom is 0.234 e. The summed E-state index contributed by atoms with van der Waals surface area (Å²) in [5.41, 5.74) is 1.89. The van der Waals surface area contributed by atoms with Crippen LogP contribution in [0.2, 0.25) is 0 Å². The second kappa shape index (κ2) is 6.39. The van der Waals surface area contributed by atoms with Gasteiger partial charge < -0.3 is 5.32 Å². The number of aryl methyl sites for hydroxylation is 1. The molecule has 1 heterocycles. The zero-order valence-corrected chi connectivity index (χ0v) is 12.2. The van der Waals surface area contributed by atoms with Crippen molar-refractivity contribution in [2.75, 3.05) is 17.0 Å². The molecule has 0 aromatic heterocycles. The van der Waals surface area contributed by atoms with E-state index in [1.807, 2.05) is 24.3 Å². The number of benzene rings is 1. The van der Waals surface area contributed by atoms with Gasteiger partial charge in [0, 0.05) is 11.7 Å². The molecule has 2 N–H and O–H groups in total. The molecule has 0 bridgehead atoms. The second-order valence-corrected chi connectivity index (χ2v) is 6.89. The van der Waals surface area contributed by atoms with E-state index >= 15 is 0 Å². The van der Waals surface area contributed by atoms with Crippen molar-refractivity contribution < 1.29 is 8.42 Å². The number of nitrogens with one attached hydrogen (secondary N) is 2. The van der Waals surface area contributed by atoms with Gasteiger partial charge in [0.2, 0.25) is 10.0 Å². The van der Waals surface area contributed by atoms with E-state index in [9.17, 15) is 8.42 Å². The molecule has 4 nitrogen and oxygen atoms in total. The van der Waals surface area contributed by atoms with Crippen molar-refractivity contribution >= 4 is 15.7 Å². The van der Waals surface area contributed by atoms with E-state index in [0.29, 0.717) is 5.69 Å². The van der Waals surface area contributed by atoms with Gasteiger partial charge in [0.1, 0.15) is 0 Å². The van der Waals surface area contributed by atoms with Gasteiger partial charge in [-0.25, -0.2) is 8.42 Å². The van der Waals surface area contributed by atoms with Gasteiger partial charge in [0.25, 0.3) is 0 Å². The van der Waals surface area contributed by atoms with E-state index in [1.165, 1.54) is 5.56 Å². The smallest absolute Gasteiger partial charge is 0.234 e. The maximum atomic E-state index is 12.0. The molecule has 1 aromatic rings. The number of rotatable bonds is 6. The summed E-state index contributed by atoms with van der Waals surface area (Å²) in [5, 5.41) is 3.21. The van der Waals surface area contributed by atoms with Crippen LogP contribution in [0.4, 0.5) is 5.69 Å². The molecule has 19 heavy (non-hydrogen) atoms. The molecular formula is C14H22N2O2S. The van der Waals surface area contributed by atoms with Crippen molar-refractivity contribution in [3.8, 4) is 0 Å². The molecule has 1 atom stereocenters. The Labute approximate surface area is 115 Å². The normalized spacial score (nSPS) is 19.5. The van der Waals surface area contributed by atoms with E-state index in [4.69, 9.17) is 0 Å². The standard InChI is InChI=1S/C14H22N2O2S/c1-2-4-12-6-8-13(9-7-12)16-19(17,18)11-14-5-3-10-15-14/h6-9,14-16H,2-5,10-11H2,1H3. The van der Waals surface area contributed by atoms with Gasteiger partial charge in [-0.2, -0.15) is 0 Å². The lowest BCUT2D eigenvalue weighted by molar-refractivity contribution is 0.582. The first kappa shape index (κ1) is 14.3. The van der Waals surface area contributed by atoms with Crippen LogP contribution in [-0.2, 0) is 16.4 Å². The van der Waals surface area contributed by atoms with Gasteiger partial charge in [-0.3, -0.25) is 4.72 Å². The molecule has 0 spiro atoms. The van der Waals surface area contributed by atoms with Gasteiger partial charge in [-0.05, 0) is 43.5 Å². The highest BCUT2D eigenvalue weighted by Gasteiger charge is 2.21. The number of anilines is 1. The summed E-state index contributed by atoms with van der Waals surface area (Å²) in [6.45, 7) is 3.05. The fourth-order valence-corrected chi connectivity index (χ4v) is 3.81. The number of sulfonamides is 1. The number of hydrogen-bond donors (Lipinski definition) is 2. The largest absolute Gasteiger partial charge is 0.313 e. The number of hydrogen-bond acceptors (Lipinski definition) is 3. The van der Waals surface area contributed by atoms with Crippen LogP contribution in [0.3, 0.4) is 0 Å². The van der Waals surface area contributed by atoms with Crippen molar-refractivity contribution in [3.63, 3.8) is 0 Å². The molecule has 1 fully saturated rings. The first-order chi connectivity index (χ1) is 9.09. The predicted molar refractivity (Wildman–Crippen MR) is 78.9 cm³/mol. The summed E-state index contributed by atoms with van der Waals surface area (Å²) in [5.74, 6) is 0.156. The van der Waals surface area contributed by atoms with Gasteiger partial charge in [0.05, 0.1) is 5.75 Å². The van der Waals surface area contributed by atoms with Crippen LogP contribution in [0.1, 0.15) is 31.7 Å². The van der Waals surface area contributed by atoms with Crippen LogP contribution in [0.5, 0.6) is 0 Å². The summed E-state index contributed by atoms with van der Waals surface area (Å²) in [6.07, 6.45) is 4.12. The molecule has 1 saturated heterocycles. The fourth-order valence-electron chi connectivity index (χ4n) is 2.41. The quantitative estimate of drug-likeness (QED) is 0.840. The van der Waals surface area contributed by atoms with Crippen molar-refractivity contribution in [1.82, 2.24) is 5.32 Å². The van der Waals surface area contributed by atoms with Gasteiger partial charge >= 0.3 is 0 Å². The van der Waals surface area contributed by atoms with Crippen molar-refractivity contribution in [2.45, 2.75) is 38.6 Å². The Morgan fingerprint density at radius 3 is 2.63 bits per heavy atom. The highest BCUT2D eigenvalue weighted by atomic mass is 32.2. The van der Waals surface area contributed by atoms with E-state index in [0.717, 1.165) is 32.2 Å². The van der Waals surface area contributed by atoms with Crippen molar-refractivity contribution in [3.05, 3.63) is 29.8 Å². The lowest BCUT2D eigenvalue weighted by Crippen LogP contribution is -2.32. The second-order valence-electron chi connectivity index (χ2n) is 5.12. The van der Waals surface area contributed by atoms with Crippen LogP contribution in [0, 0.1) is 0 Å². The minimum Gasteiger partial charge on any atom is -0.313 e. The molecule has 1 unspecified atom stereocenters. The third-order valence-corrected chi connectivity index (χ3v) is 4.74. The van der Waals surface area contributed by atoms with Crippen LogP contribution < -0.4 is 10.0 Å². The average molecular weight is 282 g/mol. The summed E-state index contributed by atoms with van der Waals surface area (Å²) in [6, 6.07) is 7.73. The van der Waals surface area contributed by atoms with Crippen LogP contribution in [-0.4, -0.2) is 26.8 Å². The zero-order valence-electron chi connectivity index (χ0n) is 11.4. The molecule has 106 valence electrons. The van der Waals surface area contributed by atoms with Crippen molar-refractivity contribution in [2.24, 2.45) is 0 Å². The van der Waals surface area contributed by atoms with Gasteiger partial charge in [-0.15, -0.1) is 0 Å². The Morgan fingerprint density at radius 2 is 2.05 bits per heavy atom. The van der Waals surface area contributed by atoms with Crippen LogP contribution >= 0.6 is 0 Å². The molecule has 2 rings (SSSR count). The van der Waals surface area contributed by atoms with Crippen LogP contribution in [0.15, 0.2) is 24.3 Å². The topological polar surface area (TPSA) is 58.2 Å². The Kier molecular flexibility index (Phi) is 4.82. The summed E-state index contributed by atoms with van der Waals surface area (Å²) >= 11 is 0. The molecule has 0 aliphatic carbocycles. The lowest BCUT2D eigenvalue weighted by Gasteiger charge is -2.13. The molecule has 0 radical (unpaired) electrons. The fraction of sp³-hybridized carbons (Fsp3) is 0.571. The Bertz CT molecular complexity index is 491. The predicted octanol–water partition coefficient (Wildman–Crippen LogP) is 2.13. The Balaban J connectivity index is 1.94. The molecule has 0 amide bonds. The average Bonchev–Trinajstić information content (AvgIpc) is 2.83. The highest BCUT2D eigenvalue weighted by molar-refractivity contribution is 7.92. The minimum atomic E-state index is -3.26. The minimum absolute atomic E-state index is 0.0943. The van der Waals surface area contributed by atoms with E-state index in [-0.39, 0.29) is 11.8 Å². The molecule has 1 aromatic carbocycles. The van der Waals surface area contributed by atoms with Gasteiger partial charge in [-0.1, -0.05) is 25.5 Å². The van der Waals surface area contributed by atoms with E-state index in [1.54, 1.807) is 0 Å². The Morgan fingerprint density at radius 1 is 1.32 bits per heavy atom. The molecular weight excluding hydrogens is 260 g/mol. The van der Waals surface area contributed by atoms with Crippen molar-refractivity contribution in [1.29, 1.82) is 0 Å². The highest BCUT2D eigenvalue weighted by Crippen LogP contribution is 2.14. The van der Waals surface area contributed by atoms with E-state index < -0.39 is 10.0 Å². The summed E-state index contributed by atoms with van der Waals surface area (Å²) in [7, 11) is -3.26. The molecule has 5 heteroatoms. The maximum absolute atomic E-state index is 12.0. The lowest BCUT2D eigenvalue weighted by atomic mass is 10.1. The first-order valence-electron chi connectivity index (χ1n) is 6.92. The summed E-state index contributed by atoms with van der Waals surface area (Å²) < 4.78 is 26.7. The van der Waals surface area contributed by atoms with Gasteiger partial charge in [0.15, 0.2) is 0 Å². The monoisotopic (exact) mass is 282 g/mol. The van der Waals surface area contributed by atoms with E-state index in [2.05, 4.69) is 17.0 Å². The summed E-state index contributed by atoms with van der Waals surface area (Å²) in [4.78, 5) is 0.